The predicted octanol–water partition coefficient (Wildman–Crippen LogP) is 2.46. The van der Waals surface area contributed by atoms with Gasteiger partial charge in [0.1, 0.15) is 11.7 Å². The van der Waals surface area contributed by atoms with Gasteiger partial charge in [-0.25, -0.2) is 0 Å². The quantitative estimate of drug-likeness (QED) is 0.889. The molecule has 3 rings (SSSR count). The summed E-state index contributed by atoms with van der Waals surface area (Å²) in [7, 11) is 0. The molecule has 1 N–H and O–H groups in total. The van der Waals surface area contributed by atoms with Crippen molar-refractivity contribution in [1.29, 1.82) is 0 Å². The van der Waals surface area contributed by atoms with Gasteiger partial charge in [-0.2, -0.15) is 0 Å². The van der Waals surface area contributed by atoms with Gasteiger partial charge in [-0.3, -0.25) is 4.79 Å². The summed E-state index contributed by atoms with van der Waals surface area (Å²) < 4.78 is 16.5. The molecule has 1 aliphatic rings. The van der Waals surface area contributed by atoms with Crippen molar-refractivity contribution in [3.8, 4) is 0 Å². The van der Waals surface area contributed by atoms with Crippen LogP contribution in [-0.2, 0) is 27.1 Å². The highest BCUT2D eigenvalue weighted by Gasteiger charge is 2.30. The molecule has 23 heavy (non-hydrogen) atoms. The van der Waals surface area contributed by atoms with Gasteiger partial charge in [0.2, 0.25) is 5.91 Å². The molecule has 0 bridgehead atoms. The van der Waals surface area contributed by atoms with Gasteiger partial charge in [-0.1, -0.05) is 13.0 Å². The van der Waals surface area contributed by atoms with Crippen LogP contribution in [-0.4, -0.2) is 37.9 Å². The van der Waals surface area contributed by atoms with Crippen LogP contribution in [0.1, 0.15) is 25.0 Å². The summed E-state index contributed by atoms with van der Waals surface area (Å²) in [6.07, 6.45) is 2.88. The van der Waals surface area contributed by atoms with Crippen LogP contribution < -0.4 is 5.32 Å². The molecule has 0 spiro atoms. The number of amides is 1. The van der Waals surface area contributed by atoms with Crippen molar-refractivity contribution in [2.45, 2.75) is 38.8 Å². The first-order chi connectivity index (χ1) is 11.2. The van der Waals surface area contributed by atoms with E-state index in [1.807, 2.05) is 13.0 Å². The number of carbonyl (C=O) groups is 1. The van der Waals surface area contributed by atoms with Crippen LogP contribution >= 0.6 is 0 Å². The Morgan fingerprint density at radius 2 is 2.22 bits per heavy atom. The van der Waals surface area contributed by atoms with Gasteiger partial charge >= 0.3 is 0 Å². The van der Waals surface area contributed by atoms with E-state index in [0.29, 0.717) is 26.2 Å². The molecule has 2 aromatic rings. The molecule has 0 aliphatic carbocycles. The molecule has 1 amide bonds. The first kappa shape index (κ1) is 16.0. The van der Waals surface area contributed by atoms with E-state index in [1.54, 1.807) is 6.26 Å². The second kappa shape index (κ2) is 7.15. The lowest BCUT2D eigenvalue weighted by molar-refractivity contribution is -0.121. The minimum Gasteiger partial charge on any atom is -0.464 e. The number of furan rings is 1. The van der Waals surface area contributed by atoms with Crippen molar-refractivity contribution < 1.29 is 18.7 Å². The molecule has 0 saturated carbocycles. The first-order valence-electron chi connectivity index (χ1n) is 8.19. The molecule has 0 radical (unpaired) electrons. The van der Waals surface area contributed by atoms with Gasteiger partial charge < -0.3 is 19.2 Å². The van der Waals surface area contributed by atoms with Crippen LogP contribution in [0.3, 0.4) is 0 Å². The average Bonchev–Trinajstić information content (AvgIpc) is 3.15. The fraction of sp³-hybridized carbons (Fsp3) is 0.500. The Hall–Kier alpha value is -1.85. The lowest BCUT2D eigenvalue weighted by Crippen LogP contribution is -2.44. The number of fused-ring (bicyclic) bond motifs is 1. The summed E-state index contributed by atoms with van der Waals surface area (Å²) >= 11 is 0. The van der Waals surface area contributed by atoms with Crippen molar-refractivity contribution in [2.75, 3.05) is 19.8 Å². The van der Waals surface area contributed by atoms with Gasteiger partial charge in [0.25, 0.3) is 0 Å². The Bertz CT molecular complexity index is 679. The topological polar surface area (TPSA) is 60.7 Å². The van der Waals surface area contributed by atoms with Crippen molar-refractivity contribution in [1.82, 2.24) is 5.32 Å². The van der Waals surface area contributed by atoms with Gasteiger partial charge in [-0.05, 0) is 31.0 Å². The SMILES string of the molecule is CCO[C@@H]1COC[C@H]1NC(=O)Cc1coc2ccc(CC)cc12. The Labute approximate surface area is 135 Å². The van der Waals surface area contributed by atoms with Gasteiger partial charge in [-0.15, -0.1) is 0 Å². The molecular weight excluding hydrogens is 294 g/mol. The Morgan fingerprint density at radius 3 is 3.00 bits per heavy atom. The van der Waals surface area contributed by atoms with E-state index in [2.05, 4.69) is 24.4 Å². The van der Waals surface area contributed by atoms with E-state index < -0.39 is 0 Å². The maximum Gasteiger partial charge on any atom is 0.224 e. The molecule has 5 nitrogen and oxygen atoms in total. The van der Waals surface area contributed by atoms with E-state index >= 15 is 0 Å². The minimum absolute atomic E-state index is 0.0326. The number of nitrogens with one attached hydrogen (secondary N) is 1. The lowest BCUT2D eigenvalue weighted by Gasteiger charge is -2.18. The summed E-state index contributed by atoms with van der Waals surface area (Å²) in [6.45, 7) is 5.71. The normalized spacial score (nSPS) is 21.0. The fourth-order valence-corrected chi connectivity index (χ4v) is 2.96. The van der Waals surface area contributed by atoms with Crippen LogP contribution in [0, 0.1) is 0 Å². The van der Waals surface area contributed by atoms with Crippen LogP contribution in [0.2, 0.25) is 0 Å². The number of aryl methyl sites for hydroxylation is 1. The van der Waals surface area contributed by atoms with Crippen molar-refractivity contribution in [3.05, 3.63) is 35.6 Å². The molecule has 2 heterocycles. The number of benzene rings is 1. The number of hydrogen-bond acceptors (Lipinski definition) is 4. The van der Waals surface area contributed by atoms with E-state index in [9.17, 15) is 4.79 Å². The molecule has 1 saturated heterocycles. The molecule has 1 aromatic carbocycles. The summed E-state index contributed by atoms with van der Waals surface area (Å²) in [4.78, 5) is 12.4. The van der Waals surface area contributed by atoms with E-state index in [4.69, 9.17) is 13.9 Å². The van der Waals surface area contributed by atoms with Gasteiger partial charge in [0.05, 0.1) is 31.9 Å². The zero-order valence-corrected chi connectivity index (χ0v) is 13.6. The van der Waals surface area contributed by atoms with Crippen LogP contribution in [0.15, 0.2) is 28.9 Å². The van der Waals surface area contributed by atoms with Crippen LogP contribution in [0.4, 0.5) is 0 Å². The number of carbonyl (C=O) groups excluding carboxylic acids is 1. The van der Waals surface area contributed by atoms with Crippen molar-refractivity contribution >= 4 is 16.9 Å². The van der Waals surface area contributed by atoms with E-state index in [0.717, 1.165) is 23.0 Å². The zero-order chi connectivity index (χ0) is 16.2. The highest BCUT2D eigenvalue weighted by Crippen LogP contribution is 2.23. The third-order valence-corrected chi connectivity index (χ3v) is 4.23. The summed E-state index contributed by atoms with van der Waals surface area (Å²) in [6, 6.07) is 6.04. The molecule has 1 fully saturated rings. The summed E-state index contributed by atoms with van der Waals surface area (Å²) in [5.74, 6) is -0.0326. The minimum atomic E-state index is -0.0770. The lowest BCUT2D eigenvalue weighted by atomic mass is 10.1. The fourth-order valence-electron chi connectivity index (χ4n) is 2.96. The summed E-state index contributed by atoms with van der Waals surface area (Å²) in [5, 5.41) is 4.03. The molecule has 1 aromatic heterocycles. The molecule has 1 aliphatic heterocycles. The maximum atomic E-state index is 12.4. The number of hydrogen-bond donors (Lipinski definition) is 1. The highest BCUT2D eigenvalue weighted by molar-refractivity contribution is 5.88. The maximum absolute atomic E-state index is 12.4. The largest absolute Gasteiger partial charge is 0.464 e. The molecular formula is C18H23NO4. The third-order valence-electron chi connectivity index (χ3n) is 4.23. The van der Waals surface area contributed by atoms with E-state index in [1.165, 1.54) is 5.56 Å². The molecule has 124 valence electrons. The van der Waals surface area contributed by atoms with Crippen molar-refractivity contribution in [2.24, 2.45) is 0 Å². The second-order valence-corrected chi connectivity index (χ2v) is 5.83. The van der Waals surface area contributed by atoms with Crippen LogP contribution in [0.25, 0.3) is 11.0 Å². The van der Waals surface area contributed by atoms with Gasteiger partial charge in [0, 0.05) is 17.6 Å². The third kappa shape index (κ3) is 3.57. The monoisotopic (exact) mass is 317 g/mol. The van der Waals surface area contributed by atoms with Crippen molar-refractivity contribution in [3.63, 3.8) is 0 Å². The van der Waals surface area contributed by atoms with E-state index in [-0.39, 0.29) is 18.1 Å². The smallest absolute Gasteiger partial charge is 0.224 e. The van der Waals surface area contributed by atoms with Gasteiger partial charge in [0.15, 0.2) is 0 Å². The average molecular weight is 317 g/mol. The predicted molar refractivity (Wildman–Crippen MR) is 87.5 cm³/mol. The second-order valence-electron chi connectivity index (χ2n) is 5.83. The Morgan fingerprint density at radius 1 is 1.35 bits per heavy atom. The molecule has 0 unspecified atom stereocenters. The molecule has 2 atom stereocenters. The number of rotatable bonds is 6. The first-order valence-corrected chi connectivity index (χ1v) is 8.19. The summed E-state index contributed by atoms with van der Waals surface area (Å²) in [5.41, 5.74) is 2.97. The zero-order valence-electron chi connectivity index (χ0n) is 13.6. The standard InChI is InChI=1S/C18H23NO4/c1-3-12-5-6-16-14(7-12)13(9-23-16)8-18(20)19-15-10-21-11-17(15)22-4-2/h5-7,9,15,17H,3-4,8,10-11H2,1-2H3,(H,19,20)/t15-,17-/m1/s1. The Kier molecular flexibility index (Phi) is 4.98. The number of ether oxygens (including phenoxy) is 2. The Balaban J connectivity index is 1.68. The van der Waals surface area contributed by atoms with Crippen LogP contribution in [0.5, 0.6) is 0 Å². The highest BCUT2D eigenvalue weighted by atomic mass is 16.5. The molecule has 5 heteroatoms.